The summed E-state index contributed by atoms with van der Waals surface area (Å²) < 4.78 is 31.0. The van der Waals surface area contributed by atoms with Crippen LogP contribution in [0.25, 0.3) is 0 Å². The van der Waals surface area contributed by atoms with Crippen molar-refractivity contribution in [1.82, 2.24) is 0 Å². The second-order valence-corrected chi connectivity index (χ2v) is 9.66. The van der Waals surface area contributed by atoms with Gasteiger partial charge in [0.15, 0.2) is 0 Å². The maximum atomic E-state index is 14.0. The van der Waals surface area contributed by atoms with E-state index in [1.165, 1.54) is 93.6 Å². The van der Waals surface area contributed by atoms with E-state index in [9.17, 15) is 34.9 Å². The molecule has 3 atom stereocenters. The summed E-state index contributed by atoms with van der Waals surface area (Å²) in [6, 6.07) is 16.9. The van der Waals surface area contributed by atoms with Crippen LogP contribution in [0.3, 0.4) is 0 Å². The molecule has 3 aromatic rings. The molecule has 0 radical (unpaired) electrons. The summed E-state index contributed by atoms with van der Waals surface area (Å²) in [4.78, 5) is 32.6. The zero-order chi connectivity index (χ0) is 28.0. The van der Waals surface area contributed by atoms with Crippen LogP contribution in [-0.2, 0) is 18.1 Å². The van der Waals surface area contributed by atoms with Gasteiger partial charge in [0, 0.05) is 18.2 Å². The van der Waals surface area contributed by atoms with Crippen LogP contribution in [0.15, 0.2) is 72.8 Å². The lowest BCUT2D eigenvalue weighted by Crippen LogP contribution is -2.11. The molecule has 0 bridgehead atoms. The first-order chi connectivity index (χ1) is 17.9. The minimum atomic E-state index is -4.70. The van der Waals surface area contributed by atoms with Crippen molar-refractivity contribution in [3.8, 4) is 0 Å². The molecule has 3 aromatic carbocycles. The Balaban J connectivity index is 2.01. The molecular formula is C24H24N3O10P. The molecule has 0 saturated carbocycles. The Morgan fingerprint density at radius 3 is 1.03 bits per heavy atom. The zero-order valence-electron chi connectivity index (χ0n) is 20.5. The summed E-state index contributed by atoms with van der Waals surface area (Å²) in [7, 11) is -4.70. The first-order valence-electron chi connectivity index (χ1n) is 11.3. The van der Waals surface area contributed by atoms with Crippen LogP contribution < -0.4 is 0 Å². The Hall–Kier alpha value is -4.03. The number of nitro benzene ring substituents is 3. The van der Waals surface area contributed by atoms with Gasteiger partial charge in [0.05, 0.1) is 49.8 Å². The maximum Gasteiger partial charge on any atom is 0.476 e. The quantitative estimate of drug-likeness (QED) is 0.129. The summed E-state index contributed by atoms with van der Waals surface area (Å²) in [6.45, 7) is 4.19. The average molecular weight is 545 g/mol. The lowest BCUT2D eigenvalue weighted by atomic mass is 10.1. The Bertz CT molecular complexity index is 1230. The van der Waals surface area contributed by atoms with E-state index in [1.54, 1.807) is 0 Å². The maximum absolute atomic E-state index is 14.0. The average Bonchev–Trinajstić information content (AvgIpc) is 2.88. The number of nitro groups is 3. The van der Waals surface area contributed by atoms with E-state index in [4.69, 9.17) is 13.6 Å². The standard InChI is InChI=1S/C24H24N3O10P/c1-16(19-10-4-7-13-22(19)25(28)29)35-38(34,36-17(2)20-11-5-8-14-23(20)26(30)31)37-18(3)21-12-6-9-15-24(21)27(32)33/h4-18H,1-3H3. The van der Waals surface area contributed by atoms with Gasteiger partial charge in [-0.3, -0.25) is 43.9 Å². The molecule has 14 heteroatoms. The lowest BCUT2D eigenvalue weighted by Gasteiger charge is -2.27. The van der Waals surface area contributed by atoms with E-state index in [-0.39, 0.29) is 33.8 Å². The molecule has 0 amide bonds. The second-order valence-electron chi connectivity index (χ2n) is 8.14. The van der Waals surface area contributed by atoms with Gasteiger partial charge in [0.25, 0.3) is 17.1 Å². The zero-order valence-corrected chi connectivity index (χ0v) is 21.4. The van der Waals surface area contributed by atoms with Gasteiger partial charge in [-0.2, -0.15) is 0 Å². The summed E-state index contributed by atoms with van der Waals surface area (Å²) in [5, 5.41) is 34.5. The highest BCUT2D eigenvalue weighted by molar-refractivity contribution is 7.48. The molecule has 0 saturated heterocycles. The highest BCUT2D eigenvalue weighted by Gasteiger charge is 2.38. The van der Waals surface area contributed by atoms with Crippen LogP contribution in [0.2, 0.25) is 0 Å². The summed E-state index contributed by atoms with van der Waals surface area (Å²) in [5.41, 5.74) is -0.690. The molecule has 3 unspecified atom stereocenters. The van der Waals surface area contributed by atoms with Crippen molar-refractivity contribution in [2.75, 3.05) is 0 Å². The first kappa shape index (κ1) is 28.5. The smallest absolute Gasteiger partial charge is 0.279 e. The Kier molecular flexibility index (Phi) is 9.02. The molecule has 13 nitrogen and oxygen atoms in total. The van der Waals surface area contributed by atoms with Gasteiger partial charge in [-0.15, -0.1) is 0 Å². The number of hydrogen-bond donors (Lipinski definition) is 0. The van der Waals surface area contributed by atoms with Crippen LogP contribution in [-0.4, -0.2) is 14.8 Å². The van der Waals surface area contributed by atoms with Crippen LogP contribution in [0.1, 0.15) is 55.8 Å². The molecular weight excluding hydrogens is 521 g/mol. The SMILES string of the molecule is CC(OP(=O)(OC(C)c1ccccc1[N+](=O)[O-])OC(C)c1ccccc1[N+](=O)[O-])c1ccccc1[N+](=O)[O-]. The molecule has 0 heterocycles. The van der Waals surface area contributed by atoms with Gasteiger partial charge >= 0.3 is 7.82 Å². The first-order valence-corrected chi connectivity index (χ1v) is 12.7. The monoisotopic (exact) mass is 545 g/mol. The highest BCUT2D eigenvalue weighted by atomic mass is 31.2. The molecule has 0 spiro atoms. The van der Waals surface area contributed by atoms with Gasteiger partial charge in [0.2, 0.25) is 0 Å². The molecule has 0 fully saturated rings. The topological polar surface area (TPSA) is 174 Å². The van der Waals surface area contributed by atoms with E-state index in [0.29, 0.717) is 0 Å². The number of rotatable bonds is 12. The largest absolute Gasteiger partial charge is 0.476 e. The molecule has 38 heavy (non-hydrogen) atoms. The molecule has 3 rings (SSSR count). The minimum Gasteiger partial charge on any atom is -0.279 e. The number of benzene rings is 3. The van der Waals surface area contributed by atoms with Crippen molar-refractivity contribution < 1.29 is 32.9 Å². The van der Waals surface area contributed by atoms with Crippen molar-refractivity contribution in [1.29, 1.82) is 0 Å². The minimum absolute atomic E-state index is 0.0709. The number of phosphoric ester groups is 1. The fourth-order valence-electron chi connectivity index (χ4n) is 3.82. The normalized spacial score (nSPS) is 15.1. The molecule has 0 aliphatic heterocycles. The number of para-hydroxylation sites is 3. The van der Waals surface area contributed by atoms with Crippen molar-refractivity contribution in [3.63, 3.8) is 0 Å². The Morgan fingerprint density at radius 1 is 0.553 bits per heavy atom. The second kappa shape index (κ2) is 12.0. The van der Waals surface area contributed by atoms with Crippen molar-refractivity contribution in [3.05, 3.63) is 120 Å². The number of phosphoric acid groups is 1. The fourth-order valence-corrected chi connectivity index (χ4v) is 5.47. The van der Waals surface area contributed by atoms with Crippen LogP contribution in [0, 0.1) is 30.3 Å². The molecule has 0 N–H and O–H groups in total. The molecule has 0 aromatic heterocycles. The van der Waals surface area contributed by atoms with Crippen LogP contribution in [0.5, 0.6) is 0 Å². The van der Waals surface area contributed by atoms with Gasteiger partial charge in [-0.25, -0.2) is 4.57 Å². The van der Waals surface area contributed by atoms with E-state index in [1.807, 2.05) is 0 Å². The van der Waals surface area contributed by atoms with Crippen molar-refractivity contribution in [2.45, 2.75) is 39.1 Å². The van der Waals surface area contributed by atoms with Crippen molar-refractivity contribution in [2.24, 2.45) is 0 Å². The van der Waals surface area contributed by atoms with E-state index < -0.39 is 40.9 Å². The molecule has 0 aliphatic carbocycles. The van der Waals surface area contributed by atoms with Crippen LogP contribution >= 0.6 is 7.82 Å². The molecule has 200 valence electrons. The number of nitrogens with zero attached hydrogens (tertiary/aromatic N) is 3. The summed E-state index contributed by atoms with van der Waals surface area (Å²) in [5.74, 6) is 0. The van der Waals surface area contributed by atoms with Gasteiger partial charge < -0.3 is 0 Å². The Labute approximate surface area is 217 Å². The summed E-state index contributed by atoms with van der Waals surface area (Å²) >= 11 is 0. The Morgan fingerprint density at radius 2 is 0.789 bits per heavy atom. The number of hydrogen-bond acceptors (Lipinski definition) is 10. The third kappa shape index (κ3) is 6.64. The van der Waals surface area contributed by atoms with Crippen molar-refractivity contribution >= 4 is 24.9 Å². The third-order valence-electron chi connectivity index (χ3n) is 5.58. The highest BCUT2D eigenvalue weighted by Crippen LogP contribution is 2.59. The van der Waals surface area contributed by atoms with Gasteiger partial charge in [-0.1, -0.05) is 36.4 Å². The van der Waals surface area contributed by atoms with Crippen LogP contribution in [0.4, 0.5) is 17.1 Å². The fraction of sp³-hybridized carbons (Fsp3) is 0.250. The third-order valence-corrected chi connectivity index (χ3v) is 7.30. The molecule has 0 aliphatic rings. The summed E-state index contributed by atoms with van der Waals surface area (Å²) in [6.07, 6.45) is -3.59. The van der Waals surface area contributed by atoms with E-state index in [0.717, 1.165) is 0 Å². The van der Waals surface area contributed by atoms with E-state index in [2.05, 4.69) is 0 Å². The van der Waals surface area contributed by atoms with Gasteiger partial charge in [-0.05, 0) is 39.0 Å². The lowest BCUT2D eigenvalue weighted by molar-refractivity contribution is -0.386. The predicted molar refractivity (Wildman–Crippen MR) is 135 cm³/mol. The predicted octanol–water partition coefficient (Wildman–Crippen LogP) is 7.15. The van der Waals surface area contributed by atoms with Gasteiger partial charge in [0.1, 0.15) is 0 Å². The van der Waals surface area contributed by atoms with E-state index >= 15 is 0 Å².